The Bertz CT molecular complexity index is 1100. The molecule has 0 saturated heterocycles. The van der Waals surface area contributed by atoms with Crippen molar-refractivity contribution < 1.29 is 18.3 Å². The van der Waals surface area contributed by atoms with E-state index in [1.165, 1.54) is 18.2 Å². The molecule has 8 nitrogen and oxygen atoms in total. The number of methoxy groups -OCH3 is 1. The summed E-state index contributed by atoms with van der Waals surface area (Å²) in [4.78, 5) is 18.6. The minimum atomic E-state index is -0.750. The van der Waals surface area contributed by atoms with Gasteiger partial charge in [-0.25, -0.2) is 18.6 Å². The molecule has 3 aromatic rings. The number of hydrogen-bond donors (Lipinski definition) is 2. The second-order valence-corrected chi connectivity index (χ2v) is 6.88. The second-order valence-electron chi connectivity index (χ2n) is 6.88. The zero-order valence-corrected chi connectivity index (χ0v) is 16.2. The van der Waals surface area contributed by atoms with Crippen LogP contribution >= 0.6 is 0 Å². The maximum atomic E-state index is 14.1. The first kappa shape index (κ1) is 19.8. The number of nitrogens with one attached hydrogen (secondary N) is 1. The Hall–Kier alpha value is -3.53. The van der Waals surface area contributed by atoms with Crippen LogP contribution in [0.5, 0.6) is 0 Å². The number of benzene rings is 1. The molecule has 3 N–H and O–H groups in total. The lowest BCUT2D eigenvalue weighted by atomic mass is 10.1. The van der Waals surface area contributed by atoms with Gasteiger partial charge in [0, 0.05) is 24.3 Å². The number of aromatic nitrogens is 3. The monoisotopic (exact) mass is 414 g/mol. The number of anilines is 2. The summed E-state index contributed by atoms with van der Waals surface area (Å²) in [5.41, 5.74) is 8.43. The third-order valence-corrected chi connectivity index (χ3v) is 4.89. The van der Waals surface area contributed by atoms with Crippen LogP contribution in [0.2, 0.25) is 0 Å². The van der Waals surface area contributed by atoms with Gasteiger partial charge < -0.3 is 15.4 Å². The van der Waals surface area contributed by atoms with Gasteiger partial charge in [0.2, 0.25) is 0 Å². The minimum absolute atomic E-state index is 0.109. The van der Waals surface area contributed by atoms with Gasteiger partial charge in [0.15, 0.2) is 5.82 Å². The molecule has 0 atom stereocenters. The molecule has 0 radical (unpaired) electrons. The number of amides is 2. The number of carbonyl (C=O) groups is 1. The van der Waals surface area contributed by atoms with Crippen molar-refractivity contribution >= 4 is 17.5 Å². The van der Waals surface area contributed by atoms with Crippen LogP contribution < -0.4 is 11.1 Å². The minimum Gasteiger partial charge on any atom is -0.396 e. The van der Waals surface area contributed by atoms with Crippen molar-refractivity contribution in [3.8, 4) is 11.3 Å². The number of ether oxygens (including phenoxy) is 1. The van der Waals surface area contributed by atoms with Crippen LogP contribution in [0.4, 0.5) is 25.1 Å². The SMILES string of the molecule is COCCn1ncc2c1CN(C(=O)Nc1nc(-c3ccc(F)cc3F)ccc1N)C2. The molecule has 0 bridgehead atoms. The third-order valence-electron chi connectivity index (χ3n) is 4.89. The van der Waals surface area contributed by atoms with Crippen LogP contribution in [0.25, 0.3) is 11.3 Å². The highest BCUT2D eigenvalue weighted by Gasteiger charge is 2.27. The first-order chi connectivity index (χ1) is 14.5. The van der Waals surface area contributed by atoms with Crippen LogP contribution in [0.3, 0.4) is 0 Å². The largest absolute Gasteiger partial charge is 0.396 e. The standard InChI is InChI=1S/C20H20F2N6O2/c1-30-7-6-28-18-11-27(10-12(18)9-24-28)20(29)26-19-16(23)4-5-17(25-19)14-3-2-13(21)8-15(14)22/h2-5,8-9H,6-7,10-11,23H2,1H3,(H,25,26,29). The average molecular weight is 414 g/mol. The Morgan fingerprint density at radius 3 is 2.87 bits per heavy atom. The highest BCUT2D eigenvalue weighted by Crippen LogP contribution is 2.27. The number of halogens is 2. The number of rotatable bonds is 5. The average Bonchev–Trinajstić information content (AvgIpc) is 3.29. The molecule has 1 aliphatic heterocycles. The van der Waals surface area contributed by atoms with E-state index in [4.69, 9.17) is 10.5 Å². The van der Waals surface area contributed by atoms with Crippen molar-refractivity contribution in [1.29, 1.82) is 0 Å². The summed E-state index contributed by atoms with van der Waals surface area (Å²) in [7, 11) is 1.62. The predicted octanol–water partition coefficient (Wildman–Crippen LogP) is 3.00. The predicted molar refractivity (Wildman–Crippen MR) is 106 cm³/mol. The van der Waals surface area contributed by atoms with Crippen molar-refractivity contribution in [2.24, 2.45) is 0 Å². The molecule has 0 spiro atoms. The Labute approximate surface area is 171 Å². The Morgan fingerprint density at radius 1 is 1.27 bits per heavy atom. The van der Waals surface area contributed by atoms with Gasteiger partial charge >= 0.3 is 6.03 Å². The molecule has 30 heavy (non-hydrogen) atoms. The van der Waals surface area contributed by atoms with E-state index in [9.17, 15) is 13.6 Å². The fraction of sp³-hybridized carbons (Fsp3) is 0.250. The summed E-state index contributed by atoms with van der Waals surface area (Å²) in [6.07, 6.45) is 1.74. The van der Waals surface area contributed by atoms with Crippen LogP contribution in [0.15, 0.2) is 36.5 Å². The van der Waals surface area contributed by atoms with Crippen molar-refractivity contribution in [2.75, 3.05) is 24.8 Å². The Balaban J connectivity index is 1.50. The molecule has 0 saturated carbocycles. The summed E-state index contributed by atoms with van der Waals surface area (Å²) in [5, 5.41) is 6.99. The van der Waals surface area contributed by atoms with Gasteiger partial charge in [0.25, 0.3) is 0 Å². The fourth-order valence-electron chi connectivity index (χ4n) is 3.32. The van der Waals surface area contributed by atoms with Gasteiger partial charge in [-0.1, -0.05) is 0 Å². The van der Waals surface area contributed by atoms with E-state index < -0.39 is 11.6 Å². The molecule has 2 amide bonds. The van der Waals surface area contributed by atoms with Gasteiger partial charge in [-0.3, -0.25) is 10.00 Å². The van der Waals surface area contributed by atoms with E-state index in [0.717, 1.165) is 23.4 Å². The second kappa shape index (κ2) is 8.07. The zero-order valence-electron chi connectivity index (χ0n) is 16.2. The summed E-state index contributed by atoms with van der Waals surface area (Å²) < 4.78 is 34.2. The molecular formula is C20H20F2N6O2. The lowest BCUT2D eigenvalue weighted by molar-refractivity contribution is 0.181. The number of urea groups is 1. The molecule has 0 aliphatic carbocycles. The lowest BCUT2D eigenvalue weighted by Gasteiger charge is -2.18. The fourth-order valence-corrected chi connectivity index (χ4v) is 3.32. The number of nitrogens with two attached hydrogens (primary N) is 1. The molecule has 0 unspecified atom stereocenters. The zero-order chi connectivity index (χ0) is 21.3. The van der Waals surface area contributed by atoms with Crippen LogP contribution in [-0.2, 0) is 24.4 Å². The quantitative estimate of drug-likeness (QED) is 0.669. The number of fused-ring (bicyclic) bond motifs is 1. The normalized spacial score (nSPS) is 12.8. The Morgan fingerprint density at radius 2 is 2.10 bits per heavy atom. The van der Waals surface area contributed by atoms with Gasteiger partial charge in [0.1, 0.15) is 11.6 Å². The van der Waals surface area contributed by atoms with E-state index in [1.807, 2.05) is 4.68 Å². The topological polar surface area (TPSA) is 98.3 Å². The molecule has 156 valence electrons. The summed E-state index contributed by atoms with van der Waals surface area (Å²) in [6, 6.07) is 5.85. The highest BCUT2D eigenvalue weighted by atomic mass is 19.1. The summed E-state index contributed by atoms with van der Waals surface area (Å²) in [5.74, 6) is -1.32. The maximum absolute atomic E-state index is 14.1. The number of nitrogens with zero attached hydrogens (tertiary/aromatic N) is 4. The smallest absolute Gasteiger partial charge is 0.323 e. The van der Waals surface area contributed by atoms with E-state index in [1.54, 1.807) is 18.2 Å². The highest BCUT2D eigenvalue weighted by molar-refractivity contribution is 5.92. The number of pyridine rings is 1. The van der Waals surface area contributed by atoms with Gasteiger partial charge in [-0.05, 0) is 24.3 Å². The number of carbonyl (C=O) groups excluding carboxylic acids is 1. The molecular weight excluding hydrogens is 394 g/mol. The Kier molecular flexibility index (Phi) is 5.32. The van der Waals surface area contributed by atoms with Crippen molar-refractivity contribution in [1.82, 2.24) is 19.7 Å². The van der Waals surface area contributed by atoms with Gasteiger partial charge in [0.05, 0.1) is 49.5 Å². The number of nitrogen functional groups attached to an aromatic ring is 1. The third kappa shape index (κ3) is 3.81. The molecule has 0 fully saturated rings. The summed E-state index contributed by atoms with van der Waals surface area (Å²) in [6.45, 7) is 1.91. The molecule has 10 heteroatoms. The first-order valence-corrected chi connectivity index (χ1v) is 9.26. The first-order valence-electron chi connectivity index (χ1n) is 9.26. The van der Waals surface area contributed by atoms with Crippen LogP contribution in [-0.4, -0.2) is 39.4 Å². The number of hydrogen-bond acceptors (Lipinski definition) is 5. The molecule has 2 aromatic heterocycles. The molecule has 3 heterocycles. The van der Waals surface area contributed by atoms with Crippen LogP contribution in [0, 0.1) is 11.6 Å². The lowest BCUT2D eigenvalue weighted by Crippen LogP contribution is -2.31. The molecule has 1 aliphatic rings. The van der Waals surface area contributed by atoms with Gasteiger partial charge in [-0.15, -0.1) is 0 Å². The molecule has 4 rings (SSSR count). The van der Waals surface area contributed by atoms with E-state index in [0.29, 0.717) is 26.2 Å². The van der Waals surface area contributed by atoms with Gasteiger partial charge in [-0.2, -0.15) is 5.10 Å². The van der Waals surface area contributed by atoms with Crippen molar-refractivity contribution in [3.05, 3.63) is 59.4 Å². The van der Waals surface area contributed by atoms with Crippen molar-refractivity contribution in [2.45, 2.75) is 19.6 Å². The maximum Gasteiger partial charge on any atom is 0.323 e. The summed E-state index contributed by atoms with van der Waals surface area (Å²) >= 11 is 0. The molecule has 1 aromatic carbocycles. The van der Waals surface area contributed by atoms with E-state index in [-0.39, 0.29) is 28.8 Å². The van der Waals surface area contributed by atoms with Crippen LogP contribution in [0.1, 0.15) is 11.3 Å². The van der Waals surface area contributed by atoms with Crippen molar-refractivity contribution in [3.63, 3.8) is 0 Å². The van der Waals surface area contributed by atoms with E-state index in [2.05, 4.69) is 15.4 Å². The van der Waals surface area contributed by atoms with E-state index >= 15 is 0 Å².